The van der Waals surface area contributed by atoms with Crippen LogP contribution in [0.1, 0.15) is 6.92 Å². The SMILES string of the molecule is C[C@@H]1COCCN1CCN(C)C. The molecule has 0 aromatic carbocycles. The Morgan fingerprint density at radius 2 is 2.25 bits per heavy atom. The lowest BCUT2D eigenvalue weighted by molar-refractivity contribution is -0.00236. The van der Waals surface area contributed by atoms with Crippen molar-refractivity contribution in [2.75, 3.05) is 46.9 Å². The molecule has 0 saturated carbocycles. The monoisotopic (exact) mass is 172 g/mol. The second-order valence-electron chi connectivity index (χ2n) is 3.76. The molecule has 0 aliphatic carbocycles. The normalized spacial score (nSPS) is 26.5. The van der Waals surface area contributed by atoms with Crippen LogP contribution in [0.25, 0.3) is 0 Å². The third-order valence-corrected chi connectivity index (χ3v) is 2.34. The maximum Gasteiger partial charge on any atom is 0.0619 e. The number of hydrogen-bond acceptors (Lipinski definition) is 3. The van der Waals surface area contributed by atoms with Crippen LogP contribution in [-0.4, -0.2) is 62.8 Å². The molecule has 1 fully saturated rings. The fourth-order valence-corrected chi connectivity index (χ4v) is 1.42. The fraction of sp³-hybridized carbons (Fsp3) is 1.00. The Balaban J connectivity index is 2.20. The van der Waals surface area contributed by atoms with E-state index in [1.807, 2.05) is 0 Å². The van der Waals surface area contributed by atoms with Gasteiger partial charge in [0.25, 0.3) is 0 Å². The number of nitrogens with zero attached hydrogens (tertiary/aromatic N) is 2. The lowest BCUT2D eigenvalue weighted by Gasteiger charge is -2.33. The van der Waals surface area contributed by atoms with Crippen molar-refractivity contribution in [3.63, 3.8) is 0 Å². The van der Waals surface area contributed by atoms with E-state index in [2.05, 4.69) is 30.8 Å². The summed E-state index contributed by atoms with van der Waals surface area (Å²) in [5, 5.41) is 0. The van der Waals surface area contributed by atoms with Gasteiger partial charge in [0, 0.05) is 25.7 Å². The lowest BCUT2D eigenvalue weighted by Crippen LogP contribution is -2.46. The number of ether oxygens (including phenoxy) is 1. The van der Waals surface area contributed by atoms with Crippen LogP contribution in [-0.2, 0) is 4.74 Å². The van der Waals surface area contributed by atoms with Gasteiger partial charge in [-0.05, 0) is 21.0 Å². The molecule has 0 radical (unpaired) electrons. The van der Waals surface area contributed by atoms with E-state index in [0.717, 1.165) is 32.8 Å². The zero-order valence-electron chi connectivity index (χ0n) is 8.42. The standard InChI is InChI=1S/C9H20N2O/c1-9-8-12-7-6-11(9)5-4-10(2)3/h9H,4-8H2,1-3H3/t9-/m1/s1. The van der Waals surface area contributed by atoms with Gasteiger partial charge >= 0.3 is 0 Å². The van der Waals surface area contributed by atoms with E-state index in [0.29, 0.717) is 6.04 Å². The molecule has 0 N–H and O–H groups in total. The average Bonchev–Trinajstić information content (AvgIpc) is 2.03. The second-order valence-corrected chi connectivity index (χ2v) is 3.76. The van der Waals surface area contributed by atoms with Crippen molar-refractivity contribution >= 4 is 0 Å². The van der Waals surface area contributed by atoms with Gasteiger partial charge in [-0.15, -0.1) is 0 Å². The van der Waals surface area contributed by atoms with E-state index in [-0.39, 0.29) is 0 Å². The van der Waals surface area contributed by atoms with E-state index in [1.54, 1.807) is 0 Å². The second kappa shape index (κ2) is 4.80. The predicted octanol–water partition coefficient (Wildman–Crippen LogP) is 0.269. The first-order chi connectivity index (χ1) is 5.70. The molecule has 0 spiro atoms. The Labute approximate surface area is 75.3 Å². The highest BCUT2D eigenvalue weighted by molar-refractivity contribution is 4.71. The zero-order valence-corrected chi connectivity index (χ0v) is 8.42. The van der Waals surface area contributed by atoms with E-state index in [4.69, 9.17) is 4.74 Å². The highest BCUT2D eigenvalue weighted by atomic mass is 16.5. The summed E-state index contributed by atoms with van der Waals surface area (Å²) in [4.78, 5) is 4.71. The minimum absolute atomic E-state index is 0.596. The molecule has 72 valence electrons. The maximum atomic E-state index is 5.36. The third-order valence-electron chi connectivity index (χ3n) is 2.34. The van der Waals surface area contributed by atoms with Crippen LogP contribution in [0.5, 0.6) is 0 Å². The molecule has 3 heteroatoms. The topological polar surface area (TPSA) is 15.7 Å². The summed E-state index contributed by atoms with van der Waals surface area (Å²) in [6, 6.07) is 0.596. The number of morpholine rings is 1. The molecule has 0 amide bonds. The molecule has 1 aliphatic rings. The van der Waals surface area contributed by atoms with Gasteiger partial charge in [-0.3, -0.25) is 4.90 Å². The minimum Gasteiger partial charge on any atom is -0.379 e. The van der Waals surface area contributed by atoms with Crippen molar-refractivity contribution < 1.29 is 4.74 Å². The molecule has 1 atom stereocenters. The van der Waals surface area contributed by atoms with E-state index in [1.165, 1.54) is 0 Å². The zero-order chi connectivity index (χ0) is 8.97. The first-order valence-electron chi connectivity index (χ1n) is 4.66. The summed E-state index contributed by atoms with van der Waals surface area (Å²) in [7, 11) is 4.23. The van der Waals surface area contributed by atoms with Gasteiger partial charge in [0.15, 0.2) is 0 Å². The van der Waals surface area contributed by atoms with Gasteiger partial charge in [-0.1, -0.05) is 0 Å². The summed E-state index contributed by atoms with van der Waals surface area (Å²) in [6.45, 7) is 7.43. The number of likely N-dealkylation sites (N-methyl/N-ethyl adjacent to an activating group) is 1. The van der Waals surface area contributed by atoms with Gasteiger partial charge in [0.05, 0.1) is 13.2 Å². The molecule has 1 saturated heterocycles. The Bertz CT molecular complexity index is 128. The van der Waals surface area contributed by atoms with E-state index < -0.39 is 0 Å². The number of rotatable bonds is 3. The van der Waals surface area contributed by atoms with Crippen LogP contribution in [0.15, 0.2) is 0 Å². The van der Waals surface area contributed by atoms with Crippen molar-refractivity contribution in [3.8, 4) is 0 Å². The summed E-state index contributed by atoms with van der Waals surface area (Å²) in [5.74, 6) is 0. The largest absolute Gasteiger partial charge is 0.379 e. The summed E-state index contributed by atoms with van der Waals surface area (Å²) in [5.41, 5.74) is 0. The molecule has 1 rings (SSSR count). The van der Waals surface area contributed by atoms with E-state index in [9.17, 15) is 0 Å². The maximum absolute atomic E-state index is 5.36. The Morgan fingerprint density at radius 1 is 1.50 bits per heavy atom. The van der Waals surface area contributed by atoms with Crippen LogP contribution < -0.4 is 0 Å². The highest BCUT2D eigenvalue weighted by Crippen LogP contribution is 2.04. The molecule has 3 nitrogen and oxygen atoms in total. The highest BCUT2D eigenvalue weighted by Gasteiger charge is 2.17. The van der Waals surface area contributed by atoms with Gasteiger partial charge in [0.2, 0.25) is 0 Å². The van der Waals surface area contributed by atoms with Crippen LogP contribution in [0, 0.1) is 0 Å². The van der Waals surface area contributed by atoms with Gasteiger partial charge < -0.3 is 9.64 Å². The average molecular weight is 172 g/mol. The minimum atomic E-state index is 0.596. The Kier molecular flexibility index (Phi) is 3.98. The molecule has 1 aliphatic heterocycles. The summed E-state index contributed by atoms with van der Waals surface area (Å²) in [6.07, 6.45) is 0. The molecule has 0 unspecified atom stereocenters. The molecular weight excluding hydrogens is 152 g/mol. The van der Waals surface area contributed by atoms with Crippen LogP contribution in [0.3, 0.4) is 0 Å². The van der Waals surface area contributed by atoms with Crippen LogP contribution >= 0.6 is 0 Å². The van der Waals surface area contributed by atoms with Crippen molar-refractivity contribution in [1.29, 1.82) is 0 Å². The van der Waals surface area contributed by atoms with Crippen molar-refractivity contribution in [1.82, 2.24) is 9.80 Å². The summed E-state index contributed by atoms with van der Waals surface area (Å²) < 4.78 is 5.36. The summed E-state index contributed by atoms with van der Waals surface area (Å²) >= 11 is 0. The Hall–Kier alpha value is -0.120. The lowest BCUT2D eigenvalue weighted by atomic mass is 10.2. The molecule has 12 heavy (non-hydrogen) atoms. The molecule has 1 heterocycles. The van der Waals surface area contributed by atoms with Crippen molar-refractivity contribution in [3.05, 3.63) is 0 Å². The third kappa shape index (κ3) is 3.09. The number of hydrogen-bond donors (Lipinski definition) is 0. The smallest absolute Gasteiger partial charge is 0.0619 e. The molecule has 0 aromatic heterocycles. The molecule has 0 aromatic rings. The van der Waals surface area contributed by atoms with E-state index >= 15 is 0 Å². The Morgan fingerprint density at radius 3 is 2.83 bits per heavy atom. The van der Waals surface area contributed by atoms with Gasteiger partial charge in [-0.25, -0.2) is 0 Å². The van der Waals surface area contributed by atoms with Crippen molar-refractivity contribution in [2.45, 2.75) is 13.0 Å². The first-order valence-corrected chi connectivity index (χ1v) is 4.66. The van der Waals surface area contributed by atoms with Gasteiger partial charge in [-0.2, -0.15) is 0 Å². The van der Waals surface area contributed by atoms with Gasteiger partial charge in [0.1, 0.15) is 0 Å². The predicted molar refractivity (Wildman–Crippen MR) is 50.4 cm³/mol. The fourth-order valence-electron chi connectivity index (χ4n) is 1.42. The molecule has 0 bridgehead atoms. The van der Waals surface area contributed by atoms with Crippen LogP contribution in [0.2, 0.25) is 0 Å². The quantitative estimate of drug-likeness (QED) is 0.607. The molecular formula is C9H20N2O. The van der Waals surface area contributed by atoms with Crippen LogP contribution in [0.4, 0.5) is 0 Å². The first kappa shape index (κ1) is 9.96. The van der Waals surface area contributed by atoms with Crippen molar-refractivity contribution in [2.24, 2.45) is 0 Å².